The fourth-order valence-corrected chi connectivity index (χ4v) is 2.94. The van der Waals surface area contributed by atoms with Gasteiger partial charge in [0.05, 0.1) is 17.0 Å². The van der Waals surface area contributed by atoms with E-state index in [1.165, 1.54) is 6.26 Å². The summed E-state index contributed by atoms with van der Waals surface area (Å²) in [6.45, 7) is 0. The van der Waals surface area contributed by atoms with E-state index in [1.54, 1.807) is 30.3 Å². The molecule has 2 aromatic rings. The van der Waals surface area contributed by atoms with E-state index in [0.717, 1.165) is 25.7 Å². The largest absolute Gasteiger partial charge is 0.459 e. The predicted octanol–water partition coefficient (Wildman–Crippen LogP) is 4.25. The van der Waals surface area contributed by atoms with E-state index in [1.807, 2.05) is 0 Å². The number of carbonyl (C=O) groups excluding carboxylic acids is 2. The number of benzene rings is 1. The first-order valence-electron chi connectivity index (χ1n) is 7.84. The van der Waals surface area contributed by atoms with Crippen LogP contribution in [0.2, 0.25) is 5.02 Å². The summed E-state index contributed by atoms with van der Waals surface area (Å²) in [6.07, 6.45) is 5.77. The van der Waals surface area contributed by atoms with Gasteiger partial charge in [-0.2, -0.15) is 0 Å². The number of rotatable bonds is 4. The van der Waals surface area contributed by atoms with Gasteiger partial charge in [-0.15, -0.1) is 0 Å². The van der Waals surface area contributed by atoms with Gasteiger partial charge in [-0.3, -0.25) is 4.79 Å². The van der Waals surface area contributed by atoms with Gasteiger partial charge in [0.15, 0.2) is 5.76 Å². The molecule has 3 N–H and O–H groups in total. The minimum absolute atomic E-state index is 0.198. The minimum atomic E-state index is -0.387. The van der Waals surface area contributed by atoms with Crippen molar-refractivity contribution in [3.63, 3.8) is 0 Å². The normalized spacial score (nSPS) is 14.4. The average molecular weight is 348 g/mol. The number of nitrogens with one attached hydrogen (secondary N) is 3. The van der Waals surface area contributed by atoms with Gasteiger partial charge in [0.25, 0.3) is 5.91 Å². The van der Waals surface area contributed by atoms with Crippen molar-refractivity contribution >= 4 is 34.9 Å². The number of amides is 3. The molecule has 0 unspecified atom stereocenters. The number of carbonyl (C=O) groups is 2. The number of furan rings is 1. The summed E-state index contributed by atoms with van der Waals surface area (Å²) in [4.78, 5) is 23.9. The highest BCUT2D eigenvalue weighted by Gasteiger charge is 2.17. The molecule has 0 spiro atoms. The molecule has 126 valence electrons. The zero-order valence-corrected chi connectivity index (χ0v) is 13.7. The zero-order chi connectivity index (χ0) is 16.9. The lowest BCUT2D eigenvalue weighted by Gasteiger charge is -2.14. The lowest BCUT2D eigenvalue weighted by Crippen LogP contribution is -2.36. The second kappa shape index (κ2) is 7.40. The molecule has 1 aliphatic carbocycles. The van der Waals surface area contributed by atoms with Crippen molar-refractivity contribution in [2.24, 2.45) is 0 Å². The third-order valence-electron chi connectivity index (χ3n) is 3.91. The fourth-order valence-electron chi connectivity index (χ4n) is 2.71. The molecule has 0 saturated heterocycles. The van der Waals surface area contributed by atoms with Gasteiger partial charge in [-0.1, -0.05) is 24.4 Å². The first kappa shape index (κ1) is 16.4. The predicted molar refractivity (Wildman–Crippen MR) is 92.5 cm³/mol. The highest BCUT2D eigenvalue weighted by molar-refractivity contribution is 6.34. The second-order valence-electron chi connectivity index (χ2n) is 5.71. The zero-order valence-electron chi connectivity index (χ0n) is 13.0. The van der Waals surface area contributed by atoms with E-state index < -0.39 is 0 Å². The molecule has 0 atom stereocenters. The van der Waals surface area contributed by atoms with Crippen LogP contribution in [-0.4, -0.2) is 18.0 Å². The van der Waals surface area contributed by atoms with Crippen LogP contribution in [0.15, 0.2) is 41.0 Å². The van der Waals surface area contributed by atoms with Crippen molar-refractivity contribution in [2.45, 2.75) is 31.7 Å². The summed E-state index contributed by atoms with van der Waals surface area (Å²) in [7, 11) is 0. The molecule has 1 fully saturated rings. The van der Waals surface area contributed by atoms with E-state index in [2.05, 4.69) is 16.0 Å². The standard InChI is InChI=1S/C17H18ClN3O3/c18-13-10-12(20-17(23)19-11-4-1-2-5-11)7-8-14(13)21-16(22)15-6-3-9-24-15/h3,6-11H,1-2,4-5H2,(H,21,22)(H2,19,20,23). The molecule has 1 aliphatic rings. The Labute approximate surface area is 144 Å². The van der Waals surface area contributed by atoms with Gasteiger partial charge in [0, 0.05) is 11.7 Å². The van der Waals surface area contributed by atoms with Crippen LogP contribution in [0.5, 0.6) is 0 Å². The quantitative estimate of drug-likeness (QED) is 0.773. The summed E-state index contributed by atoms with van der Waals surface area (Å²) in [5.74, 6) is -0.189. The Bertz CT molecular complexity index is 725. The van der Waals surface area contributed by atoms with E-state index in [-0.39, 0.29) is 23.7 Å². The molecule has 3 rings (SSSR count). The Balaban J connectivity index is 1.59. The van der Waals surface area contributed by atoms with Crippen LogP contribution >= 0.6 is 11.6 Å². The highest BCUT2D eigenvalue weighted by atomic mass is 35.5. The Hall–Kier alpha value is -2.47. The number of hydrogen-bond acceptors (Lipinski definition) is 3. The Morgan fingerprint density at radius 3 is 2.58 bits per heavy atom. The average Bonchev–Trinajstić information content (AvgIpc) is 3.23. The summed E-state index contributed by atoms with van der Waals surface area (Å²) in [5.41, 5.74) is 1.01. The molecule has 7 heteroatoms. The molecule has 6 nitrogen and oxygen atoms in total. The van der Waals surface area contributed by atoms with Gasteiger partial charge in [0.2, 0.25) is 0 Å². The van der Waals surface area contributed by atoms with Crippen LogP contribution in [-0.2, 0) is 0 Å². The van der Waals surface area contributed by atoms with Crippen LogP contribution in [0, 0.1) is 0 Å². The summed E-state index contributed by atoms with van der Waals surface area (Å²) < 4.78 is 5.03. The number of anilines is 2. The van der Waals surface area contributed by atoms with E-state index in [9.17, 15) is 9.59 Å². The Morgan fingerprint density at radius 1 is 1.12 bits per heavy atom. The third kappa shape index (κ3) is 4.08. The number of hydrogen-bond donors (Lipinski definition) is 3. The van der Waals surface area contributed by atoms with Gasteiger partial charge in [0.1, 0.15) is 0 Å². The van der Waals surface area contributed by atoms with Crippen molar-refractivity contribution in [1.82, 2.24) is 5.32 Å². The molecule has 1 aromatic heterocycles. The summed E-state index contributed by atoms with van der Waals surface area (Å²) in [6, 6.07) is 8.09. The summed E-state index contributed by atoms with van der Waals surface area (Å²) >= 11 is 6.17. The number of urea groups is 1. The van der Waals surface area contributed by atoms with Gasteiger partial charge in [-0.05, 0) is 43.2 Å². The monoisotopic (exact) mass is 347 g/mol. The minimum Gasteiger partial charge on any atom is -0.459 e. The van der Waals surface area contributed by atoms with Gasteiger partial charge >= 0.3 is 6.03 Å². The fraction of sp³-hybridized carbons (Fsp3) is 0.294. The Morgan fingerprint density at radius 2 is 1.92 bits per heavy atom. The van der Waals surface area contributed by atoms with Crippen LogP contribution in [0.3, 0.4) is 0 Å². The molecule has 1 saturated carbocycles. The molecular formula is C17H18ClN3O3. The maximum atomic E-state index is 12.0. The van der Waals surface area contributed by atoms with Crippen LogP contribution in [0.1, 0.15) is 36.2 Å². The molecule has 24 heavy (non-hydrogen) atoms. The molecule has 0 aliphatic heterocycles. The number of halogens is 1. The maximum absolute atomic E-state index is 12.0. The molecule has 0 bridgehead atoms. The van der Waals surface area contributed by atoms with Crippen LogP contribution in [0.25, 0.3) is 0 Å². The van der Waals surface area contributed by atoms with Crippen molar-refractivity contribution in [2.75, 3.05) is 10.6 Å². The van der Waals surface area contributed by atoms with Crippen molar-refractivity contribution in [3.8, 4) is 0 Å². The van der Waals surface area contributed by atoms with Gasteiger partial charge < -0.3 is 20.4 Å². The van der Waals surface area contributed by atoms with Crippen molar-refractivity contribution < 1.29 is 14.0 Å². The first-order valence-corrected chi connectivity index (χ1v) is 8.21. The lowest BCUT2D eigenvalue weighted by atomic mass is 10.2. The van der Waals surface area contributed by atoms with Crippen molar-refractivity contribution in [3.05, 3.63) is 47.4 Å². The van der Waals surface area contributed by atoms with E-state index in [4.69, 9.17) is 16.0 Å². The highest BCUT2D eigenvalue weighted by Crippen LogP contribution is 2.26. The SMILES string of the molecule is O=C(Nc1ccc(NC(=O)c2ccco2)c(Cl)c1)NC1CCCC1. The van der Waals surface area contributed by atoms with Crippen molar-refractivity contribution in [1.29, 1.82) is 0 Å². The molecular weight excluding hydrogens is 330 g/mol. The Kier molecular flexibility index (Phi) is 5.05. The topological polar surface area (TPSA) is 83.4 Å². The van der Waals surface area contributed by atoms with Gasteiger partial charge in [-0.25, -0.2) is 4.79 Å². The summed E-state index contributed by atoms with van der Waals surface area (Å²) in [5, 5.41) is 8.68. The lowest BCUT2D eigenvalue weighted by molar-refractivity contribution is 0.0996. The molecule has 1 heterocycles. The van der Waals surface area contributed by atoms with Crippen LogP contribution in [0.4, 0.5) is 16.2 Å². The second-order valence-corrected chi connectivity index (χ2v) is 6.11. The molecule has 1 aromatic carbocycles. The smallest absolute Gasteiger partial charge is 0.319 e. The maximum Gasteiger partial charge on any atom is 0.319 e. The van der Waals surface area contributed by atoms with E-state index >= 15 is 0 Å². The molecule has 0 radical (unpaired) electrons. The molecule has 3 amide bonds. The third-order valence-corrected chi connectivity index (χ3v) is 4.22. The van der Waals surface area contributed by atoms with E-state index in [0.29, 0.717) is 16.4 Å². The van der Waals surface area contributed by atoms with Crippen LogP contribution < -0.4 is 16.0 Å². The first-order chi connectivity index (χ1) is 11.6.